The van der Waals surface area contributed by atoms with Crippen LogP contribution in [0.3, 0.4) is 0 Å². The lowest BCUT2D eigenvalue weighted by Gasteiger charge is -2.21. The Kier molecular flexibility index (Phi) is 5.13. The van der Waals surface area contributed by atoms with Crippen LogP contribution >= 0.6 is 0 Å². The minimum atomic E-state index is -0.458. The first-order valence-electron chi connectivity index (χ1n) is 8.64. The van der Waals surface area contributed by atoms with Gasteiger partial charge in [-0.3, -0.25) is 4.79 Å². The van der Waals surface area contributed by atoms with Gasteiger partial charge >= 0.3 is 0 Å². The zero-order valence-corrected chi connectivity index (χ0v) is 14.2. The molecule has 1 heterocycles. The van der Waals surface area contributed by atoms with E-state index in [1.165, 1.54) is 25.3 Å². The molecule has 1 fully saturated rings. The molecule has 1 aliphatic carbocycles. The van der Waals surface area contributed by atoms with Crippen LogP contribution < -0.4 is 10.9 Å². The van der Waals surface area contributed by atoms with Crippen LogP contribution in [0.2, 0.25) is 0 Å². The number of hydrogen-bond acceptors (Lipinski definition) is 4. The first kappa shape index (κ1) is 17.2. The molecule has 130 valence electrons. The fourth-order valence-corrected chi connectivity index (χ4v) is 3.35. The fraction of sp³-hybridized carbons (Fsp3) is 0.421. The summed E-state index contributed by atoms with van der Waals surface area (Å²) in [5.74, 6) is 0.919. The highest BCUT2D eigenvalue weighted by molar-refractivity contribution is 5.64. The third-order valence-electron chi connectivity index (χ3n) is 4.81. The van der Waals surface area contributed by atoms with Crippen molar-refractivity contribution < 1.29 is 4.39 Å². The lowest BCUT2D eigenvalue weighted by molar-refractivity contribution is 0.351. The summed E-state index contributed by atoms with van der Waals surface area (Å²) < 4.78 is 13.7. The van der Waals surface area contributed by atoms with Gasteiger partial charge in [-0.1, -0.05) is 38.2 Å². The predicted molar refractivity (Wildman–Crippen MR) is 94.3 cm³/mol. The molecule has 0 atom stereocenters. The van der Waals surface area contributed by atoms with Crippen LogP contribution in [0, 0.1) is 30.0 Å². The SMILES string of the molecule is Cc1c(F)cccc1Nc1nc(CC2CCCCC2)[nH]c(=O)c1C#N. The van der Waals surface area contributed by atoms with Crippen molar-refractivity contribution in [3.8, 4) is 6.07 Å². The Bertz CT molecular complexity index is 863. The molecule has 25 heavy (non-hydrogen) atoms. The van der Waals surface area contributed by atoms with Gasteiger partial charge in [-0.25, -0.2) is 9.37 Å². The number of rotatable bonds is 4. The molecule has 0 saturated heterocycles. The van der Waals surface area contributed by atoms with Gasteiger partial charge in [0.05, 0.1) is 0 Å². The number of H-pyrrole nitrogens is 1. The number of nitrogens with zero attached hydrogens (tertiary/aromatic N) is 2. The lowest BCUT2D eigenvalue weighted by Crippen LogP contribution is -2.20. The van der Waals surface area contributed by atoms with Gasteiger partial charge in [0.25, 0.3) is 5.56 Å². The second-order valence-electron chi connectivity index (χ2n) is 6.59. The second-order valence-corrected chi connectivity index (χ2v) is 6.59. The van der Waals surface area contributed by atoms with E-state index in [0.29, 0.717) is 29.4 Å². The van der Waals surface area contributed by atoms with Gasteiger partial charge < -0.3 is 10.3 Å². The normalized spacial score (nSPS) is 14.9. The number of hydrogen-bond donors (Lipinski definition) is 2. The third kappa shape index (κ3) is 3.87. The maximum atomic E-state index is 13.7. The molecule has 1 aromatic carbocycles. The van der Waals surface area contributed by atoms with Crippen LogP contribution in [-0.4, -0.2) is 9.97 Å². The van der Waals surface area contributed by atoms with E-state index >= 15 is 0 Å². The molecule has 0 aliphatic heterocycles. The van der Waals surface area contributed by atoms with Crippen molar-refractivity contribution in [1.29, 1.82) is 5.26 Å². The highest BCUT2D eigenvalue weighted by atomic mass is 19.1. The summed E-state index contributed by atoms with van der Waals surface area (Å²) in [5, 5.41) is 12.2. The molecule has 1 aromatic heterocycles. The van der Waals surface area contributed by atoms with Gasteiger partial charge in [0, 0.05) is 17.7 Å². The van der Waals surface area contributed by atoms with Crippen molar-refractivity contribution in [1.82, 2.24) is 9.97 Å². The van der Waals surface area contributed by atoms with E-state index < -0.39 is 5.56 Å². The molecule has 0 bridgehead atoms. The van der Waals surface area contributed by atoms with Gasteiger partial charge in [0.1, 0.15) is 17.7 Å². The largest absolute Gasteiger partial charge is 0.339 e. The first-order valence-corrected chi connectivity index (χ1v) is 8.64. The summed E-state index contributed by atoms with van der Waals surface area (Å²) >= 11 is 0. The fourth-order valence-electron chi connectivity index (χ4n) is 3.35. The van der Waals surface area contributed by atoms with Gasteiger partial charge in [0.15, 0.2) is 11.4 Å². The number of halogens is 1. The standard InChI is InChI=1S/C19H21FN4O/c1-12-15(20)8-5-9-16(12)22-18-14(11-21)19(25)24-17(23-18)10-13-6-3-2-4-7-13/h5,8-9,13H,2-4,6-7,10H2,1H3,(H2,22,23,24,25). The van der Waals surface area contributed by atoms with Crippen molar-refractivity contribution in [2.75, 3.05) is 5.32 Å². The van der Waals surface area contributed by atoms with Crippen LogP contribution in [0.4, 0.5) is 15.9 Å². The van der Waals surface area contributed by atoms with Crippen molar-refractivity contribution in [3.05, 3.63) is 51.3 Å². The first-order chi connectivity index (χ1) is 12.1. The Morgan fingerprint density at radius 2 is 2.12 bits per heavy atom. The van der Waals surface area contributed by atoms with E-state index in [9.17, 15) is 14.4 Å². The molecule has 6 heteroatoms. The van der Waals surface area contributed by atoms with Gasteiger partial charge in [-0.05, 0) is 25.0 Å². The Morgan fingerprint density at radius 1 is 1.36 bits per heavy atom. The molecule has 1 saturated carbocycles. The van der Waals surface area contributed by atoms with E-state index in [2.05, 4.69) is 15.3 Å². The van der Waals surface area contributed by atoms with E-state index in [1.54, 1.807) is 19.1 Å². The van der Waals surface area contributed by atoms with Crippen LogP contribution in [-0.2, 0) is 6.42 Å². The number of anilines is 2. The van der Waals surface area contributed by atoms with E-state index in [0.717, 1.165) is 12.8 Å². The molecule has 0 spiro atoms. The summed E-state index contributed by atoms with van der Waals surface area (Å²) in [6, 6.07) is 6.53. The summed E-state index contributed by atoms with van der Waals surface area (Å²) in [5.41, 5.74) is 0.372. The van der Waals surface area contributed by atoms with E-state index in [1.807, 2.05) is 6.07 Å². The van der Waals surface area contributed by atoms with Crippen molar-refractivity contribution in [2.24, 2.45) is 5.92 Å². The van der Waals surface area contributed by atoms with E-state index in [-0.39, 0.29) is 17.2 Å². The predicted octanol–water partition coefficient (Wildman–Crippen LogP) is 3.96. The van der Waals surface area contributed by atoms with Crippen molar-refractivity contribution >= 4 is 11.5 Å². The van der Waals surface area contributed by atoms with Gasteiger partial charge in [0.2, 0.25) is 0 Å². The van der Waals surface area contributed by atoms with Crippen molar-refractivity contribution in [2.45, 2.75) is 45.4 Å². The molecule has 0 unspecified atom stereocenters. The minimum absolute atomic E-state index is 0.0870. The lowest BCUT2D eigenvalue weighted by atomic mass is 9.87. The van der Waals surface area contributed by atoms with Crippen LogP contribution in [0.25, 0.3) is 0 Å². The topological polar surface area (TPSA) is 81.6 Å². The summed E-state index contributed by atoms with van der Waals surface area (Å²) in [6.07, 6.45) is 6.64. The Hall–Kier alpha value is -2.68. The quantitative estimate of drug-likeness (QED) is 0.883. The number of benzene rings is 1. The number of aromatic amines is 1. The summed E-state index contributed by atoms with van der Waals surface area (Å²) in [6.45, 7) is 1.64. The van der Waals surface area contributed by atoms with Crippen molar-refractivity contribution in [3.63, 3.8) is 0 Å². The zero-order chi connectivity index (χ0) is 17.8. The average Bonchev–Trinajstić information content (AvgIpc) is 2.60. The Balaban J connectivity index is 1.92. The molecule has 2 aromatic rings. The number of nitrogens with one attached hydrogen (secondary N) is 2. The molecular formula is C19H21FN4O. The molecule has 3 rings (SSSR count). The van der Waals surface area contributed by atoms with Gasteiger partial charge in [-0.15, -0.1) is 0 Å². The molecule has 1 aliphatic rings. The van der Waals surface area contributed by atoms with Crippen LogP contribution in [0.15, 0.2) is 23.0 Å². The highest BCUT2D eigenvalue weighted by Gasteiger charge is 2.18. The molecule has 5 nitrogen and oxygen atoms in total. The van der Waals surface area contributed by atoms with Crippen LogP contribution in [0.5, 0.6) is 0 Å². The zero-order valence-electron chi connectivity index (χ0n) is 14.2. The van der Waals surface area contributed by atoms with E-state index in [4.69, 9.17) is 0 Å². The van der Waals surface area contributed by atoms with Crippen LogP contribution in [0.1, 0.15) is 49.1 Å². The minimum Gasteiger partial charge on any atom is -0.339 e. The third-order valence-corrected chi connectivity index (χ3v) is 4.81. The Labute approximate surface area is 145 Å². The molecule has 0 radical (unpaired) electrons. The Morgan fingerprint density at radius 3 is 2.84 bits per heavy atom. The molecule has 0 amide bonds. The maximum absolute atomic E-state index is 13.7. The summed E-state index contributed by atoms with van der Waals surface area (Å²) in [7, 11) is 0. The highest BCUT2D eigenvalue weighted by Crippen LogP contribution is 2.27. The second kappa shape index (κ2) is 7.47. The monoisotopic (exact) mass is 340 g/mol. The van der Waals surface area contributed by atoms with Gasteiger partial charge in [-0.2, -0.15) is 5.26 Å². The average molecular weight is 340 g/mol. The number of aromatic nitrogens is 2. The molecular weight excluding hydrogens is 319 g/mol. The smallest absolute Gasteiger partial charge is 0.271 e. The maximum Gasteiger partial charge on any atom is 0.271 e. The number of nitriles is 1. The summed E-state index contributed by atoms with van der Waals surface area (Å²) in [4.78, 5) is 19.4. The molecule has 2 N–H and O–H groups in total.